The molecule has 0 unspecified atom stereocenters. The van der Waals surface area contributed by atoms with E-state index in [-0.39, 0.29) is 45.8 Å². The smallest absolute Gasteiger partial charge is 0.325 e. The summed E-state index contributed by atoms with van der Waals surface area (Å²) >= 11 is 14.1. The van der Waals surface area contributed by atoms with Gasteiger partial charge in [0.1, 0.15) is 0 Å². The van der Waals surface area contributed by atoms with E-state index in [9.17, 15) is 14.4 Å². The summed E-state index contributed by atoms with van der Waals surface area (Å²) in [5.41, 5.74) is 1.27. The van der Waals surface area contributed by atoms with Crippen LogP contribution >= 0.6 is 35.0 Å². The van der Waals surface area contributed by atoms with Gasteiger partial charge in [-0.2, -0.15) is 0 Å². The Hall–Kier alpha value is -2.88. The van der Waals surface area contributed by atoms with Crippen LogP contribution in [0.4, 0.5) is 5.69 Å². The molecule has 0 saturated heterocycles. The van der Waals surface area contributed by atoms with E-state index in [0.29, 0.717) is 22.0 Å². The molecule has 34 heavy (non-hydrogen) atoms. The molecule has 1 aliphatic heterocycles. The third-order valence-electron chi connectivity index (χ3n) is 5.34. The topological polar surface area (TPSA) is 96.2 Å². The number of amides is 1. The number of anilines is 1. The fourth-order valence-electron chi connectivity index (χ4n) is 3.85. The Bertz CT molecular complexity index is 1360. The summed E-state index contributed by atoms with van der Waals surface area (Å²) < 4.78 is 7.05. The first-order valence-electron chi connectivity index (χ1n) is 10.5. The van der Waals surface area contributed by atoms with Crippen LogP contribution in [0.3, 0.4) is 0 Å². The van der Waals surface area contributed by atoms with E-state index in [1.807, 2.05) is 0 Å². The Morgan fingerprint density at radius 2 is 1.94 bits per heavy atom. The Kier molecular flexibility index (Phi) is 6.97. The molecule has 3 aromatic rings. The van der Waals surface area contributed by atoms with Crippen LogP contribution in [0.15, 0.2) is 46.3 Å². The van der Waals surface area contributed by atoms with Crippen LogP contribution < -0.4 is 19.9 Å². The van der Waals surface area contributed by atoms with Gasteiger partial charge in [0.15, 0.2) is 5.75 Å². The molecule has 0 radical (unpaired) electrons. The highest BCUT2D eigenvalue weighted by atomic mass is 35.5. The highest BCUT2D eigenvalue weighted by Gasteiger charge is 2.47. The number of nitrogens with one attached hydrogen (secondary N) is 1. The minimum atomic E-state index is -0.985. The number of benzene rings is 2. The lowest BCUT2D eigenvalue weighted by atomic mass is 10.0. The number of carbonyl (C=O) groups is 2. The summed E-state index contributed by atoms with van der Waals surface area (Å²) in [5, 5.41) is 5.34. The number of para-hydroxylation sites is 1. The van der Waals surface area contributed by atoms with Crippen LogP contribution in [0.1, 0.15) is 38.4 Å². The Labute approximate surface area is 209 Å². The van der Waals surface area contributed by atoms with Crippen molar-refractivity contribution in [2.24, 2.45) is 0 Å². The predicted octanol–water partition coefficient (Wildman–Crippen LogP) is 4.37. The normalized spacial score (nSPS) is 14.4. The van der Waals surface area contributed by atoms with Crippen molar-refractivity contribution in [1.82, 2.24) is 10.1 Å². The number of H-pyrrole nitrogens is 1. The Morgan fingerprint density at radius 3 is 2.62 bits per heavy atom. The van der Waals surface area contributed by atoms with Gasteiger partial charge in [0.05, 0.1) is 21.8 Å². The largest absolute Gasteiger partial charge is 0.424 e. The fourth-order valence-corrected chi connectivity index (χ4v) is 4.76. The summed E-state index contributed by atoms with van der Waals surface area (Å²) in [6.45, 7) is 3.40. The second kappa shape index (κ2) is 9.77. The molecule has 2 aromatic carbocycles. The van der Waals surface area contributed by atoms with Crippen LogP contribution in [-0.2, 0) is 9.59 Å². The summed E-state index contributed by atoms with van der Waals surface area (Å²) in [4.78, 5) is 43.1. The molecule has 8 nitrogen and oxygen atoms in total. The van der Waals surface area contributed by atoms with Crippen LogP contribution in [-0.4, -0.2) is 28.2 Å². The lowest BCUT2D eigenvalue weighted by molar-refractivity contribution is -0.763. The van der Waals surface area contributed by atoms with E-state index in [2.05, 4.69) is 10.1 Å². The minimum Gasteiger partial charge on any atom is -0.424 e. The molecule has 1 atom stereocenters. The van der Waals surface area contributed by atoms with Crippen LogP contribution in [0.5, 0.6) is 5.75 Å². The van der Waals surface area contributed by atoms with Gasteiger partial charge in [-0.1, -0.05) is 60.9 Å². The molecule has 1 amide bonds. The molecule has 1 aliphatic rings. The fraction of sp³-hybridized carbons (Fsp3) is 0.261. The number of thioether (sulfide) groups is 1. The SMILES string of the molecule is CCC(=O)Oc1c(Cl)cc(Cl)cc1[C@@H]1N(C(=O)CC)c2ccccc2-c2c(=O)[nH]c(SC)n[n+]21. The van der Waals surface area contributed by atoms with Crippen LogP contribution in [0.25, 0.3) is 11.3 Å². The minimum absolute atomic E-state index is 0.0578. The maximum Gasteiger partial charge on any atom is 0.325 e. The van der Waals surface area contributed by atoms with E-state index < -0.39 is 12.1 Å². The van der Waals surface area contributed by atoms with Gasteiger partial charge in [-0.15, -0.1) is 0 Å². The van der Waals surface area contributed by atoms with Gasteiger partial charge in [-0.25, -0.2) is 4.90 Å². The lowest BCUT2D eigenvalue weighted by Crippen LogP contribution is -2.61. The molecule has 1 N–H and O–H groups in total. The number of ether oxygens (including phenoxy) is 1. The molecule has 2 heterocycles. The first-order chi connectivity index (χ1) is 16.3. The summed E-state index contributed by atoms with van der Waals surface area (Å²) in [5.74, 6) is -0.682. The average molecular weight is 520 g/mol. The quantitative estimate of drug-likeness (QED) is 0.232. The van der Waals surface area contributed by atoms with Crippen LogP contribution in [0, 0.1) is 0 Å². The molecule has 11 heteroatoms. The zero-order valence-electron chi connectivity index (χ0n) is 18.6. The van der Waals surface area contributed by atoms with E-state index in [1.165, 1.54) is 27.4 Å². The van der Waals surface area contributed by atoms with Crippen LogP contribution in [0.2, 0.25) is 10.0 Å². The molecule has 0 aliphatic carbocycles. The van der Waals surface area contributed by atoms with Gasteiger partial charge in [0.2, 0.25) is 11.1 Å². The first-order valence-corrected chi connectivity index (χ1v) is 12.5. The van der Waals surface area contributed by atoms with Gasteiger partial charge in [-0.3, -0.25) is 19.4 Å². The zero-order chi connectivity index (χ0) is 24.6. The number of fused-ring (bicyclic) bond motifs is 3. The molecule has 0 fully saturated rings. The van der Waals surface area contributed by atoms with Crippen molar-refractivity contribution >= 4 is 52.5 Å². The highest BCUT2D eigenvalue weighted by molar-refractivity contribution is 7.98. The maximum absolute atomic E-state index is 13.3. The molecule has 0 bridgehead atoms. The standard InChI is InChI=1S/C23H20Cl2N4O4S/c1-4-17(30)28-16-9-7-6-8-13(16)19-21(32)26-23(34-3)27-29(19)22(28)14-10-12(24)11-15(25)20(14)33-18(31)5-2/h6-11,22H,4-5H2,1-3H3/p+1/t22-/m1/s1. The zero-order valence-corrected chi connectivity index (χ0v) is 20.9. The molecule has 1 aromatic heterocycles. The average Bonchev–Trinajstić information content (AvgIpc) is 2.83. The first kappa shape index (κ1) is 24.3. The van der Waals surface area contributed by atoms with Crippen molar-refractivity contribution in [3.8, 4) is 17.0 Å². The van der Waals surface area contributed by atoms with Crippen molar-refractivity contribution in [3.63, 3.8) is 0 Å². The lowest BCUT2D eigenvalue weighted by Gasteiger charge is -2.32. The third kappa shape index (κ3) is 4.19. The number of rotatable bonds is 5. The summed E-state index contributed by atoms with van der Waals surface area (Å²) in [6, 6.07) is 10.1. The number of nitrogens with zero attached hydrogens (tertiary/aromatic N) is 3. The van der Waals surface area contributed by atoms with Gasteiger partial charge in [-0.05, 0) is 35.2 Å². The van der Waals surface area contributed by atoms with Crippen molar-refractivity contribution in [3.05, 3.63) is 62.4 Å². The second-order valence-electron chi connectivity index (χ2n) is 7.40. The summed E-state index contributed by atoms with van der Waals surface area (Å²) in [6.07, 6.45) is 1.08. The summed E-state index contributed by atoms with van der Waals surface area (Å²) in [7, 11) is 0. The molecular weight excluding hydrogens is 499 g/mol. The number of hydrogen-bond acceptors (Lipinski definition) is 6. The number of hydrogen-bond donors (Lipinski definition) is 1. The van der Waals surface area contributed by atoms with Gasteiger partial charge in [0.25, 0.3) is 6.17 Å². The van der Waals surface area contributed by atoms with E-state index in [0.717, 1.165) is 0 Å². The molecular formula is C23H21Cl2N4O4S+. The number of carbonyl (C=O) groups excluding carboxylic acids is 2. The van der Waals surface area contributed by atoms with Gasteiger partial charge < -0.3 is 4.74 Å². The van der Waals surface area contributed by atoms with Crippen molar-refractivity contribution in [2.45, 2.75) is 38.0 Å². The number of aromatic amines is 1. The Morgan fingerprint density at radius 1 is 1.21 bits per heavy atom. The van der Waals surface area contributed by atoms with E-state index in [4.69, 9.17) is 27.9 Å². The van der Waals surface area contributed by atoms with E-state index in [1.54, 1.807) is 50.4 Å². The monoisotopic (exact) mass is 519 g/mol. The van der Waals surface area contributed by atoms with Crippen molar-refractivity contribution in [1.29, 1.82) is 0 Å². The molecule has 0 saturated carbocycles. The van der Waals surface area contributed by atoms with Crippen molar-refractivity contribution in [2.75, 3.05) is 11.2 Å². The number of esters is 1. The molecule has 176 valence electrons. The highest BCUT2D eigenvalue weighted by Crippen LogP contribution is 2.43. The van der Waals surface area contributed by atoms with E-state index >= 15 is 0 Å². The molecule has 0 spiro atoms. The number of aromatic nitrogens is 3. The van der Waals surface area contributed by atoms with Gasteiger partial charge >= 0.3 is 17.2 Å². The molecule has 4 rings (SSSR count). The third-order valence-corrected chi connectivity index (χ3v) is 6.41. The Balaban J connectivity index is 2.12. The van der Waals surface area contributed by atoms with Crippen molar-refractivity contribution < 1.29 is 19.0 Å². The maximum atomic E-state index is 13.3. The van der Waals surface area contributed by atoms with Gasteiger partial charge in [0, 0.05) is 23.0 Å². The predicted molar refractivity (Wildman–Crippen MR) is 131 cm³/mol. The number of halogens is 2. The second-order valence-corrected chi connectivity index (χ2v) is 9.04.